The van der Waals surface area contributed by atoms with Crippen LogP contribution in [-0.2, 0) is 6.54 Å². The lowest BCUT2D eigenvalue weighted by atomic mass is 10.1. The lowest BCUT2D eigenvalue weighted by Crippen LogP contribution is -2.46. The first kappa shape index (κ1) is 19.3. The number of benzene rings is 1. The zero-order valence-electron chi connectivity index (χ0n) is 16.7. The van der Waals surface area contributed by atoms with Gasteiger partial charge in [0.15, 0.2) is 5.82 Å². The minimum Gasteiger partial charge on any atom is -0.367 e. The highest BCUT2D eigenvalue weighted by molar-refractivity contribution is 5.68. The molecule has 0 saturated carbocycles. The third-order valence-electron chi connectivity index (χ3n) is 5.20. The van der Waals surface area contributed by atoms with E-state index in [1.54, 1.807) is 19.2 Å². The molecule has 0 bridgehead atoms. The van der Waals surface area contributed by atoms with Crippen molar-refractivity contribution >= 4 is 11.5 Å². The summed E-state index contributed by atoms with van der Waals surface area (Å²) in [6.07, 6.45) is 1.69. The van der Waals surface area contributed by atoms with E-state index >= 15 is 0 Å². The first-order valence-electron chi connectivity index (χ1n) is 9.89. The Hall–Kier alpha value is -3.00. The van der Waals surface area contributed by atoms with Crippen molar-refractivity contribution in [3.8, 4) is 11.5 Å². The van der Waals surface area contributed by atoms with Crippen LogP contribution in [0.3, 0.4) is 0 Å². The molecule has 7 nitrogen and oxygen atoms in total. The lowest BCUT2D eigenvalue weighted by molar-refractivity contribution is 0.270. The molecule has 0 amide bonds. The highest BCUT2D eigenvalue weighted by Gasteiger charge is 2.19. The normalized spacial score (nSPS) is 14.9. The monoisotopic (exact) mass is 396 g/mol. The summed E-state index contributed by atoms with van der Waals surface area (Å²) in [5.41, 5.74) is 2.24. The van der Waals surface area contributed by atoms with Crippen LogP contribution in [0.4, 0.5) is 15.9 Å². The molecule has 4 rings (SSSR count). The third-order valence-corrected chi connectivity index (χ3v) is 5.20. The number of halogens is 1. The Morgan fingerprint density at radius 2 is 2.00 bits per heavy atom. The van der Waals surface area contributed by atoms with Gasteiger partial charge >= 0.3 is 0 Å². The molecule has 0 radical (unpaired) electrons. The van der Waals surface area contributed by atoms with Crippen LogP contribution in [0.1, 0.15) is 18.3 Å². The number of likely N-dealkylation sites (N-methyl/N-ethyl adjacent to an activating group) is 1. The maximum Gasteiger partial charge on any atom is 0.261 e. The molecule has 29 heavy (non-hydrogen) atoms. The van der Waals surface area contributed by atoms with Gasteiger partial charge in [-0.15, -0.1) is 0 Å². The van der Waals surface area contributed by atoms with E-state index in [-0.39, 0.29) is 5.82 Å². The summed E-state index contributed by atoms with van der Waals surface area (Å²) in [6.45, 7) is 9.05. The average Bonchev–Trinajstić information content (AvgIpc) is 3.19. The van der Waals surface area contributed by atoms with Crippen molar-refractivity contribution in [1.82, 2.24) is 20.0 Å². The number of hydrogen-bond acceptors (Lipinski definition) is 7. The summed E-state index contributed by atoms with van der Waals surface area (Å²) in [5, 5.41) is 7.08. The topological polar surface area (TPSA) is 70.3 Å². The van der Waals surface area contributed by atoms with Crippen molar-refractivity contribution in [2.24, 2.45) is 0 Å². The van der Waals surface area contributed by atoms with Crippen LogP contribution in [0.15, 0.2) is 41.1 Å². The Kier molecular flexibility index (Phi) is 5.71. The summed E-state index contributed by atoms with van der Waals surface area (Å²) in [5.74, 6) is 1.40. The minimum absolute atomic E-state index is 0.192. The van der Waals surface area contributed by atoms with Gasteiger partial charge < -0.3 is 19.6 Å². The smallest absolute Gasteiger partial charge is 0.261 e. The molecule has 0 unspecified atom stereocenters. The fourth-order valence-corrected chi connectivity index (χ4v) is 3.53. The van der Waals surface area contributed by atoms with Crippen molar-refractivity contribution in [3.63, 3.8) is 0 Å². The largest absolute Gasteiger partial charge is 0.367 e. The fourth-order valence-electron chi connectivity index (χ4n) is 3.53. The van der Waals surface area contributed by atoms with Gasteiger partial charge in [-0.3, -0.25) is 0 Å². The molecule has 1 aliphatic heterocycles. The molecule has 1 aromatic carbocycles. The molecular weight excluding hydrogens is 371 g/mol. The van der Waals surface area contributed by atoms with Crippen LogP contribution in [0.2, 0.25) is 0 Å². The predicted octanol–water partition coefficient (Wildman–Crippen LogP) is 3.33. The Labute approximate surface area is 169 Å². The van der Waals surface area contributed by atoms with E-state index in [1.807, 2.05) is 24.3 Å². The van der Waals surface area contributed by atoms with Crippen LogP contribution in [0, 0.1) is 12.7 Å². The zero-order chi connectivity index (χ0) is 20.2. The van der Waals surface area contributed by atoms with Crippen LogP contribution >= 0.6 is 0 Å². The maximum atomic E-state index is 14.8. The summed E-state index contributed by atoms with van der Waals surface area (Å²) in [7, 11) is 0. The second-order valence-corrected chi connectivity index (χ2v) is 7.11. The standard InChI is InChI=1S/C21H25FN6O/c1-3-27-9-11-28(12-10-27)19-7-6-16(13-18(19)22)14-24-20-17(5-4-8-23-20)21-25-15(2)26-29-21/h4-8,13H,3,9-12,14H2,1-2H3,(H,23,24). The average molecular weight is 396 g/mol. The molecule has 3 heterocycles. The van der Waals surface area contributed by atoms with E-state index in [0.717, 1.165) is 43.9 Å². The number of aryl methyl sites for hydroxylation is 1. The van der Waals surface area contributed by atoms with E-state index in [9.17, 15) is 4.39 Å². The van der Waals surface area contributed by atoms with E-state index < -0.39 is 0 Å². The Balaban J connectivity index is 1.44. The van der Waals surface area contributed by atoms with Crippen LogP contribution in [0.5, 0.6) is 0 Å². The molecule has 1 aliphatic rings. The van der Waals surface area contributed by atoms with Crippen molar-refractivity contribution in [2.75, 3.05) is 42.9 Å². The van der Waals surface area contributed by atoms with Gasteiger partial charge in [0.25, 0.3) is 5.89 Å². The molecule has 152 valence electrons. The highest BCUT2D eigenvalue weighted by Crippen LogP contribution is 2.26. The SMILES string of the molecule is CCN1CCN(c2ccc(CNc3ncccc3-c3nc(C)no3)cc2F)CC1. The summed E-state index contributed by atoms with van der Waals surface area (Å²) >= 11 is 0. The van der Waals surface area contributed by atoms with Crippen LogP contribution in [0.25, 0.3) is 11.5 Å². The first-order chi connectivity index (χ1) is 14.1. The number of hydrogen-bond donors (Lipinski definition) is 1. The summed E-state index contributed by atoms with van der Waals surface area (Å²) in [4.78, 5) is 13.1. The Morgan fingerprint density at radius 3 is 2.69 bits per heavy atom. The quantitative estimate of drug-likeness (QED) is 0.685. The number of nitrogens with one attached hydrogen (secondary N) is 1. The van der Waals surface area contributed by atoms with Gasteiger partial charge in [-0.1, -0.05) is 18.1 Å². The summed E-state index contributed by atoms with van der Waals surface area (Å²) < 4.78 is 20.0. The molecular formula is C21H25FN6O. The van der Waals surface area contributed by atoms with Crippen molar-refractivity contribution in [3.05, 3.63) is 53.7 Å². The van der Waals surface area contributed by atoms with Crippen LogP contribution < -0.4 is 10.2 Å². The fraction of sp³-hybridized carbons (Fsp3) is 0.381. The van der Waals surface area contributed by atoms with Gasteiger partial charge in [-0.2, -0.15) is 4.98 Å². The molecule has 2 aromatic heterocycles. The number of pyridine rings is 1. The molecule has 0 spiro atoms. The molecule has 0 atom stereocenters. The van der Waals surface area contributed by atoms with E-state index in [4.69, 9.17) is 4.52 Å². The second-order valence-electron chi connectivity index (χ2n) is 7.11. The Morgan fingerprint density at radius 1 is 1.17 bits per heavy atom. The molecule has 1 N–H and O–H groups in total. The van der Waals surface area contributed by atoms with Gasteiger partial charge in [-0.05, 0) is 43.3 Å². The molecule has 1 saturated heterocycles. The number of nitrogens with zero attached hydrogens (tertiary/aromatic N) is 5. The van der Waals surface area contributed by atoms with Gasteiger partial charge in [0.1, 0.15) is 11.6 Å². The van der Waals surface area contributed by atoms with Crippen molar-refractivity contribution < 1.29 is 8.91 Å². The zero-order valence-corrected chi connectivity index (χ0v) is 16.7. The number of piperazine rings is 1. The van der Waals surface area contributed by atoms with Crippen LogP contribution in [-0.4, -0.2) is 52.7 Å². The first-order valence-corrected chi connectivity index (χ1v) is 9.89. The molecule has 8 heteroatoms. The maximum absolute atomic E-state index is 14.8. The molecule has 1 fully saturated rings. The van der Waals surface area contributed by atoms with Gasteiger partial charge in [0.05, 0.1) is 11.3 Å². The van der Waals surface area contributed by atoms with E-state index in [0.29, 0.717) is 29.8 Å². The highest BCUT2D eigenvalue weighted by atomic mass is 19.1. The Bertz CT molecular complexity index is 967. The van der Waals surface area contributed by atoms with Crippen molar-refractivity contribution in [2.45, 2.75) is 20.4 Å². The molecule has 3 aromatic rings. The van der Waals surface area contributed by atoms with Crippen molar-refractivity contribution in [1.29, 1.82) is 0 Å². The lowest BCUT2D eigenvalue weighted by Gasteiger charge is -2.35. The molecule has 0 aliphatic carbocycles. The van der Waals surface area contributed by atoms with Gasteiger partial charge in [-0.25, -0.2) is 9.37 Å². The number of rotatable bonds is 6. The predicted molar refractivity (Wildman–Crippen MR) is 110 cm³/mol. The summed E-state index contributed by atoms with van der Waals surface area (Å²) in [6, 6.07) is 9.09. The van der Waals surface area contributed by atoms with Gasteiger partial charge in [0, 0.05) is 38.9 Å². The van der Waals surface area contributed by atoms with Gasteiger partial charge in [0.2, 0.25) is 0 Å². The minimum atomic E-state index is -0.192. The second kappa shape index (κ2) is 8.57. The third kappa shape index (κ3) is 4.37. The van der Waals surface area contributed by atoms with E-state index in [1.165, 1.54) is 0 Å². The number of aromatic nitrogens is 3. The number of anilines is 2. The van der Waals surface area contributed by atoms with E-state index in [2.05, 4.69) is 37.2 Å².